The number of ether oxygens (including phenoxy) is 2. The van der Waals surface area contributed by atoms with Crippen LogP contribution in [0, 0.1) is 0 Å². The Morgan fingerprint density at radius 1 is 1.06 bits per heavy atom. The predicted octanol–water partition coefficient (Wildman–Crippen LogP) is 4.47. The number of carbonyl (C=O) groups is 1. The van der Waals surface area contributed by atoms with Gasteiger partial charge in [-0.25, -0.2) is 9.97 Å². The molecule has 1 aromatic heterocycles. The Morgan fingerprint density at radius 3 is 2.58 bits per heavy atom. The highest BCUT2D eigenvalue weighted by atomic mass is 16.5. The molecule has 2 heterocycles. The lowest BCUT2D eigenvalue weighted by Gasteiger charge is -2.33. The van der Waals surface area contributed by atoms with Crippen molar-refractivity contribution in [3.05, 3.63) is 77.3 Å². The highest BCUT2D eigenvalue weighted by Gasteiger charge is 2.39. The molecule has 2 aliphatic rings. The first kappa shape index (κ1) is 19.1. The second kappa shape index (κ2) is 7.75. The molecule has 7 heteroatoms. The normalized spacial score (nSPS) is 17.5. The summed E-state index contributed by atoms with van der Waals surface area (Å²) in [4.78, 5) is 21.8. The predicted molar refractivity (Wildman–Crippen MR) is 115 cm³/mol. The first-order valence-corrected chi connectivity index (χ1v) is 10.1. The van der Waals surface area contributed by atoms with E-state index in [0.717, 1.165) is 23.4 Å². The molecule has 2 aromatic carbocycles. The number of benzene rings is 2. The van der Waals surface area contributed by atoms with Crippen LogP contribution in [0.15, 0.2) is 66.2 Å². The number of nitrogens with one attached hydrogen (secondary N) is 1. The Labute approximate surface area is 179 Å². The Balaban J connectivity index is 1.64. The maximum atomic E-state index is 13.0. The van der Waals surface area contributed by atoms with Gasteiger partial charge in [-0.3, -0.25) is 4.79 Å². The Hall–Kier alpha value is -3.87. The number of carbonyl (C=O) groups excluding carboxylic acids is 1. The molecule has 7 nitrogen and oxygen atoms in total. The van der Waals surface area contributed by atoms with Crippen LogP contribution in [-0.2, 0) is 4.79 Å². The van der Waals surface area contributed by atoms with Gasteiger partial charge in [0, 0.05) is 30.0 Å². The highest BCUT2D eigenvalue weighted by molar-refractivity contribution is 6.00. The van der Waals surface area contributed by atoms with E-state index < -0.39 is 0 Å². The van der Waals surface area contributed by atoms with E-state index in [1.54, 1.807) is 19.2 Å². The largest absolute Gasteiger partial charge is 0.508 e. The average Bonchev–Trinajstić information content (AvgIpc) is 2.79. The molecule has 0 radical (unpaired) electrons. The van der Waals surface area contributed by atoms with E-state index >= 15 is 0 Å². The van der Waals surface area contributed by atoms with E-state index in [9.17, 15) is 9.90 Å². The van der Waals surface area contributed by atoms with Crippen molar-refractivity contribution in [3.63, 3.8) is 0 Å². The minimum absolute atomic E-state index is 0.0734. The number of hydrogen-bond donors (Lipinski definition) is 2. The molecule has 0 fully saturated rings. The topological polar surface area (TPSA) is 93.6 Å². The van der Waals surface area contributed by atoms with Crippen molar-refractivity contribution < 1.29 is 19.4 Å². The third kappa shape index (κ3) is 3.48. The van der Waals surface area contributed by atoms with E-state index in [4.69, 9.17) is 9.47 Å². The summed E-state index contributed by atoms with van der Waals surface area (Å²) in [6, 6.07) is 14.4. The number of hydrogen-bond acceptors (Lipinski definition) is 7. The number of aromatic nitrogens is 2. The van der Waals surface area contributed by atoms with E-state index in [1.807, 2.05) is 36.4 Å². The molecule has 31 heavy (non-hydrogen) atoms. The zero-order valence-corrected chi connectivity index (χ0v) is 17.0. The van der Waals surface area contributed by atoms with Gasteiger partial charge in [-0.05, 0) is 48.4 Å². The summed E-state index contributed by atoms with van der Waals surface area (Å²) >= 11 is 0. The number of ketones is 1. The number of rotatable bonds is 4. The number of allylic oxidation sites excluding steroid dienone is 2. The van der Waals surface area contributed by atoms with Gasteiger partial charge in [-0.2, -0.15) is 0 Å². The zero-order valence-electron chi connectivity index (χ0n) is 17.0. The summed E-state index contributed by atoms with van der Waals surface area (Å²) in [5.74, 6) is 2.30. The van der Waals surface area contributed by atoms with Gasteiger partial charge in [-0.15, -0.1) is 0 Å². The number of methoxy groups -OCH3 is 1. The number of phenolic OH excluding ortho intramolecular Hbond substituents is 1. The summed E-state index contributed by atoms with van der Waals surface area (Å²) in [5.41, 5.74) is 3.05. The maximum absolute atomic E-state index is 13.0. The van der Waals surface area contributed by atoms with E-state index in [1.165, 1.54) is 6.33 Å². The minimum atomic E-state index is -0.380. The van der Waals surface area contributed by atoms with Crippen molar-refractivity contribution in [1.29, 1.82) is 0 Å². The third-order valence-corrected chi connectivity index (χ3v) is 5.63. The first-order chi connectivity index (χ1) is 15.1. The Kier molecular flexibility index (Phi) is 4.78. The van der Waals surface area contributed by atoms with Crippen molar-refractivity contribution in [2.45, 2.75) is 25.2 Å². The summed E-state index contributed by atoms with van der Waals surface area (Å²) in [6.07, 6.45) is 3.40. The van der Waals surface area contributed by atoms with Crippen molar-refractivity contribution in [2.24, 2.45) is 0 Å². The van der Waals surface area contributed by atoms with Gasteiger partial charge >= 0.3 is 0 Å². The quantitative estimate of drug-likeness (QED) is 0.649. The van der Waals surface area contributed by atoms with Crippen LogP contribution in [0.1, 0.15) is 36.3 Å². The van der Waals surface area contributed by atoms with Crippen molar-refractivity contribution in [3.8, 4) is 17.4 Å². The van der Waals surface area contributed by atoms with Crippen molar-refractivity contribution in [1.82, 2.24) is 9.97 Å². The summed E-state index contributed by atoms with van der Waals surface area (Å²) in [6.45, 7) is 0. The molecule has 156 valence electrons. The van der Waals surface area contributed by atoms with Gasteiger partial charge < -0.3 is 19.9 Å². The van der Waals surface area contributed by atoms with Crippen LogP contribution >= 0.6 is 0 Å². The van der Waals surface area contributed by atoms with Crippen LogP contribution in [0.2, 0.25) is 0 Å². The monoisotopic (exact) mass is 415 g/mol. The molecule has 0 spiro atoms. The number of fused-ring (bicyclic) bond motifs is 1. The van der Waals surface area contributed by atoms with Gasteiger partial charge in [0.15, 0.2) is 5.78 Å². The Bertz CT molecular complexity index is 1170. The second-order valence-electron chi connectivity index (χ2n) is 7.53. The van der Waals surface area contributed by atoms with Gasteiger partial charge in [0.05, 0.1) is 12.7 Å². The lowest BCUT2D eigenvalue weighted by molar-refractivity contribution is -0.116. The van der Waals surface area contributed by atoms with E-state index in [-0.39, 0.29) is 17.5 Å². The molecular weight excluding hydrogens is 394 g/mol. The lowest BCUT2D eigenvalue weighted by Crippen LogP contribution is -2.27. The smallest absolute Gasteiger partial charge is 0.228 e. The highest BCUT2D eigenvalue weighted by Crippen LogP contribution is 2.48. The van der Waals surface area contributed by atoms with Crippen LogP contribution < -0.4 is 14.8 Å². The first-order valence-electron chi connectivity index (χ1n) is 10.1. The molecule has 0 saturated carbocycles. The molecule has 2 N–H and O–H groups in total. The fourth-order valence-corrected chi connectivity index (χ4v) is 4.16. The fraction of sp³-hybridized carbons (Fsp3) is 0.208. The van der Waals surface area contributed by atoms with Crippen LogP contribution in [0.4, 0.5) is 11.5 Å². The SMILES string of the molecule is COc1ccc(Nc2ncnc3c2C(c2ccc(O)cc2)C2=C(CCCC2=O)O3)cc1. The Morgan fingerprint density at radius 2 is 1.84 bits per heavy atom. The maximum Gasteiger partial charge on any atom is 0.228 e. The van der Waals surface area contributed by atoms with Crippen LogP contribution in [0.25, 0.3) is 0 Å². The van der Waals surface area contributed by atoms with Gasteiger partial charge in [0.2, 0.25) is 5.88 Å². The number of nitrogens with zero attached hydrogens (tertiary/aromatic N) is 2. The number of aromatic hydroxyl groups is 1. The molecule has 1 atom stereocenters. The van der Waals surface area contributed by atoms with Crippen LogP contribution in [0.5, 0.6) is 17.4 Å². The second-order valence-corrected chi connectivity index (χ2v) is 7.53. The van der Waals surface area contributed by atoms with Gasteiger partial charge in [0.25, 0.3) is 0 Å². The molecule has 5 rings (SSSR count). The molecule has 0 saturated heterocycles. The standard InChI is InChI=1S/C24H21N3O4/c1-30-17-11-7-15(8-12-17)27-23-22-20(14-5-9-16(28)10-6-14)21-18(29)3-2-4-19(21)31-24(22)26-13-25-23/h5-13,20,28H,2-4H2,1H3,(H,25,26,27). The molecular formula is C24H21N3O4. The lowest BCUT2D eigenvalue weighted by atomic mass is 9.77. The zero-order chi connectivity index (χ0) is 21.4. The molecule has 0 amide bonds. The molecule has 1 aliphatic heterocycles. The summed E-state index contributed by atoms with van der Waals surface area (Å²) in [7, 11) is 1.62. The van der Waals surface area contributed by atoms with Crippen LogP contribution in [-0.4, -0.2) is 28.0 Å². The fourth-order valence-electron chi connectivity index (χ4n) is 4.16. The molecule has 1 aliphatic carbocycles. The summed E-state index contributed by atoms with van der Waals surface area (Å²) < 4.78 is 11.3. The van der Waals surface area contributed by atoms with Crippen molar-refractivity contribution in [2.75, 3.05) is 12.4 Å². The van der Waals surface area contributed by atoms with Gasteiger partial charge in [-0.1, -0.05) is 12.1 Å². The third-order valence-electron chi connectivity index (χ3n) is 5.63. The van der Waals surface area contributed by atoms with Gasteiger partial charge in [0.1, 0.15) is 29.4 Å². The molecule has 0 bridgehead atoms. The number of Topliss-reactive ketones (excluding diaryl/α,β-unsaturated/α-hetero) is 1. The number of phenols is 1. The molecule has 1 unspecified atom stereocenters. The van der Waals surface area contributed by atoms with Crippen molar-refractivity contribution >= 4 is 17.3 Å². The molecule has 3 aromatic rings. The van der Waals surface area contributed by atoms with E-state index in [0.29, 0.717) is 41.4 Å². The summed E-state index contributed by atoms with van der Waals surface area (Å²) in [5, 5.41) is 13.1. The minimum Gasteiger partial charge on any atom is -0.508 e. The van der Waals surface area contributed by atoms with Crippen LogP contribution in [0.3, 0.4) is 0 Å². The number of anilines is 2. The van der Waals surface area contributed by atoms with E-state index in [2.05, 4.69) is 15.3 Å². The average molecular weight is 415 g/mol.